The van der Waals surface area contributed by atoms with E-state index in [0.29, 0.717) is 5.56 Å². The lowest BCUT2D eigenvalue weighted by molar-refractivity contribution is 0.726. The van der Waals surface area contributed by atoms with Crippen molar-refractivity contribution in [3.05, 3.63) is 41.7 Å². The first-order valence-electron chi connectivity index (χ1n) is 5.78. The summed E-state index contributed by atoms with van der Waals surface area (Å²) in [7, 11) is 0. The van der Waals surface area contributed by atoms with Crippen LogP contribution in [0, 0.1) is 25.2 Å². The molecule has 0 spiro atoms. The van der Waals surface area contributed by atoms with Gasteiger partial charge in [0, 0.05) is 31.2 Å². The van der Waals surface area contributed by atoms with Gasteiger partial charge in [0.05, 0.1) is 23.3 Å². The molecule has 1 N–H and O–H groups in total. The van der Waals surface area contributed by atoms with Crippen LogP contribution in [0.2, 0.25) is 0 Å². The van der Waals surface area contributed by atoms with E-state index < -0.39 is 0 Å². The van der Waals surface area contributed by atoms with Gasteiger partial charge in [-0.15, -0.1) is 0 Å². The minimum atomic E-state index is 0.617. The average Bonchev–Trinajstić information content (AvgIpc) is 2.81. The molecule has 0 atom stereocenters. The number of aromatic nitrogens is 3. The van der Waals surface area contributed by atoms with E-state index in [9.17, 15) is 0 Å². The van der Waals surface area contributed by atoms with E-state index >= 15 is 0 Å². The molecule has 5 nitrogen and oxygen atoms in total. The number of anilines is 1. The lowest BCUT2D eigenvalue weighted by Crippen LogP contribution is -2.11. The quantitative estimate of drug-likeness (QED) is 0.887. The number of imidazole rings is 1. The average molecular weight is 241 g/mol. The standard InChI is InChI=1S/C13H15N5/c1-10-7-13(12(8-14)11(2)17-10)16-4-6-18-5-3-15-9-18/h3,5,7,9H,4,6H2,1-2H3,(H,16,17). The smallest absolute Gasteiger partial charge is 0.103 e. The van der Waals surface area contributed by atoms with Crippen molar-refractivity contribution in [1.82, 2.24) is 14.5 Å². The highest BCUT2D eigenvalue weighted by Crippen LogP contribution is 2.18. The van der Waals surface area contributed by atoms with Gasteiger partial charge in [-0.25, -0.2) is 4.98 Å². The fourth-order valence-electron chi connectivity index (χ4n) is 1.85. The normalized spacial score (nSPS) is 10.1. The number of nitrogens with zero attached hydrogens (tertiary/aromatic N) is 4. The van der Waals surface area contributed by atoms with Crippen molar-refractivity contribution in [2.24, 2.45) is 0 Å². The van der Waals surface area contributed by atoms with Crippen molar-refractivity contribution in [2.45, 2.75) is 20.4 Å². The third-order valence-corrected chi connectivity index (χ3v) is 2.68. The van der Waals surface area contributed by atoms with Gasteiger partial charge in [-0.3, -0.25) is 4.98 Å². The van der Waals surface area contributed by atoms with Gasteiger partial charge in [0.1, 0.15) is 6.07 Å². The third kappa shape index (κ3) is 2.66. The summed E-state index contributed by atoms with van der Waals surface area (Å²) in [6.07, 6.45) is 5.44. The van der Waals surface area contributed by atoms with Gasteiger partial charge < -0.3 is 9.88 Å². The Labute approximate surface area is 106 Å². The van der Waals surface area contributed by atoms with E-state index in [-0.39, 0.29) is 0 Å². The van der Waals surface area contributed by atoms with Crippen LogP contribution in [-0.2, 0) is 6.54 Å². The van der Waals surface area contributed by atoms with Gasteiger partial charge in [0.15, 0.2) is 0 Å². The maximum absolute atomic E-state index is 9.13. The summed E-state index contributed by atoms with van der Waals surface area (Å²) in [5, 5.41) is 12.4. The Morgan fingerprint density at radius 1 is 1.44 bits per heavy atom. The van der Waals surface area contributed by atoms with E-state index in [1.165, 1.54) is 0 Å². The van der Waals surface area contributed by atoms with Crippen LogP contribution in [-0.4, -0.2) is 21.1 Å². The molecule has 0 saturated heterocycles. The van der Waals surface area contributed by atoms with Crippen molar-refractivity contribution >= 4 is 5.69 Å². The second-order valence-electron chi connectivity index (χ2n) is 4.11. The van der Waals surface area contributed by atoms with Gasteiger partial charge in [0.2, 0.25) is 0 Å². The maximum Gasteiger partial charge on any atom is 0.103 e. The lowest BCUT2D eigenvalue weighted by atomic mass is 10.1. The van der Waals surface area contributed by atoms with Crippen molar-refractivity contribution in [3.8, 4) is 6.07 Å². The van der Waals surface area contributed by atoms with Crippen LogP contribution >= 0.6 is 0 Å². The highest BCUT2D eigenvalue weighted by atomic mass is 15.0. The number of pyridine rings is 1. The monoisotopic (exact) mass is 241 g/mol. The highest BCUT2D eigenvalue weighted by Gasteiger charge is 2.07. The summed E-state index contributed by atoms with van der Waals surface area (Å²) in [6, 6.07) is 4.09. The topological polar surface area (TPSA) is 66.5 Å². The molecule has 0 aliphatic heterocycles. The van der Waals surface area contributed by atoms with E-state index in [4.69, 9.17) is 5.26 Å². The molecule has 2 heterocycles. The summed E-state index contributed by atoms with van der Waals surface area (Å²) in [4.78, 5) is 8.27. The molecule has 0 saturated carbocycles. The largest absolute Gasteiger partial charge is 0.382 e. The van der Waals surface area contributed by atoms with Crippen molar-refractivity contribution in [1.29, 1.82) is 5.26 Å². The first-order valence-corrected chi connectivity index (χ1v) is 5.78. The molecule has 92 valence electrons. The summed E-state index contributed by atoms with van der Waals surface area (Å²) < 4.78 is 1.99. The number of hydrogen-bond acceptors (Lipinski definition) is 4. The number of hydrogen-bond donors (Lipinski definition) is 1. The molecule has 2 rings (SSSR count). The molecule has 0 aliphatic rings. The molecule has 0 fully saturated rings. The van der Waals surface area contributed by atoms with Gasteiger partial charge in [0.25, 0.3) is 0 Å². The fourth-order valence-corrected chi connectivity index (χ4v) is 1.85. The summed E-state index contributed by atoms with van der Waals surface area (Å²) in [6.45, 7) is 5.33. The van der Waals surface area contributed by atoms with E-state index in [0.717, 1.165) is 30.2 Å². The molecule has 0 aliphatic carbocycles. The first kappa shape index (κ1) is 12.1. The van der Waals surface area contributed by atoms with E-state index in [1.807, 2.05) is 30.7 Å². The summed E-state index contributed by atoms with van der Waals surface area (Å²) in [5.74, 6) is 0. The first-order chi connectivity index (χ1) is 8.70. The van der Waals surface area contributed by atoms with Crippen LogP contribution in [0.25, 0.3) is 0 Å². The van der Waals surface area contributed by atoms with Crippen molar-refractivity contribution in [3.63, 3.8) is 0 Å². The minimum absolute atomic E-state index is 0.617. The number of rotatable bonds is 4. The van der Waals surface area contributed by atoms with Crippen LogP contribution in [0.15, 0.2) is 24.8 Å². The summed E-state index contributed by atoms with van der Waals surface area (Å²) >= 11 is 0. The Bertz CT molecular complexity index is 566. The van der Waals surface area contributed by atoms with Crippen molar-refractivity contribution < 1.29 is 0 Å². The Kier molecular flexibility index (Phi) is 3.58. The van der Waals surface area contributed by atoms with Gasteiger partial charge in [-0.2, -0.15) is 5.26 Å². The van der Waals surface area contributed by atoms with E-state index in [2.05, 4.69) is 21.4 Å². The van der Waals surface area contributed by atoms with E-state index in [1.54, 1.807) is 12.5 Å². The molecule has 18 heavy (non-hydrogen) atoms. The van der Waals surface area contributed by atoms with Crippen LogP contribution in [0.3, 0.4) is 0 Å². The Hall–Kier alpha value is -2.35. The van der Waals surface area contributed by atoms with Crippen LogP contribution in [0.1, 0.15) is 17.0 Å². The lowest BCUT2D eigenvalue weighted by Gasteiger charge is -2.11. The predicted molar refractivity (Wildman–Crippen MR) is 69.1 cm³/mol. The van der Waals surface area contributed by atoms with Crippen LogP contribution in [0.4, 0.5) is 5.69 Å². The number of aryl methyl sites for hydroxylation is 2. The van der Waals surface area contributed by atoms with Gasteiger partial charge in [-0.05, 0) is 19.9 Å². The van der Waals surface area contributed by atoms with Crippen LogP contribution < -0.4 is 5.32 Å². The van der Waals surface area contributed by atoms with Crippen molar-refractivity contribution in [2.75, 3.05) is 11.9 Å². The van der Waals surface area contributed by atoms with Gasteiger partial charge in [-0.1, -0.05) is 0 Å². The van der Waals surface area contributed by atoms with Gasteiger partial charge >= 0.3 is 0 Å². The molecule has 0 bridgehead atoms. The highest BCUT2D eigenvalue weighted by molar-refractivity contribution is 5.59. The second kappa shape index (κ2) is 5.32. The molecule has 0 unspecified atom stereocenters. The molecule has 0 radical (unpaired) electrons. The Balaban J connectivity index is 2.07. The zero-order chi connectivity index (χ0) is 13.0. The SMILES string of the molecule is Cc1cc(NCCn2ccnc2)c(C#N)c(C)n1. The number of nitriles is 1. The molecular formula is C13H15N5. The molecule has 2 aromatic heterocycles. The molecular weight excluding hydrogens is 226 g/mol. The fraction of sp³-hybridized carbons (Fsp3) is 0.308. The second-order valence-corrected chi connectivity index (χ2v) is 4.11. The zero-order valence-corrected chi connectivity index (χ0v) is 10.5. The molecule has 0 amide bonds. The molecule has 0 aromatic carbocycles. The zero-order valence-electron chi connectivity index (χ0n) is 10.5. The predicted octanol–water partition coefficient (Wildman–Crippen LogP) is 1.88. The summed E-state index contributed by atoms with van der Waals surface area (Å²) in [5.41, 5.74) is 3.15. The Morgan fingerprint density at radius 3 is 2.94 bits per heavy atom. The third-order valence-electron chi connectivity index (χ3n) is 2.68. The Morgan fingerprint density at radius 2 is 2.28 bits per heavy atom. The number of nitrogens with one attached hydrogen (secondary N) is 1. The van der Waals surface area contributed by atoms with Crippen LogP contribution in [0.5, 0.6) is 0 Å². The minimum Gasteiger partial charge on any atom is -0.382 e. The molecule has 5 heteroatoms. The maximum atomic E-state index is 9.13. The molecule has 2 aromatic rings.